The molecule has 6 heteroatoms. The Morgan fingerprint density at radius 1 is 1.29 bits per heavy atom. The van der Waals surface area contributed by atoms with Gasteiger partial charge in [0.05, 0.1) is 6.20 Å². The Bertz CT molecular complexity index is 339. The van der Waals surface area contributed by atoms with Crippen LogP contribution >= 0.6 is 0 Å². The van der Waals surface area contributed by atoms with Crippen LogP contribution in [0.5, 0.6) is 0 Å². The molecule has 1 aromatic rings. The first-order valence-electron chi connectivity index (χ1n) is 4.17. The molecule has 0 fully saturated rings. The monoisotopic (exact) mass is 195 g/mol. The Morgan fingerprint density at radius 2 is 2.00 bits per heavy atom. The van der Waals surface area contributed by atoms with Crippen molar-refractivity contribution in [3.63, 3.8) is 0 Å². The van der Waals surface area contributed by atoms with E-state index in [2.05, 4.69) is 25.9 Å². The fourth-order valence-electron chi connectivity index (χ4n) is 0.968. The molecule has 0 saturated heterocycles. The van der Waals surface area contributed by atoms with Gasteiger partial charge in [0.25, 0.3) is 5.91 Å². The summed E-state index contributed by atoms with van der Waals surface area (Å²) in [6, 6.07) is 0. The van der Waals surface area contributed by atoms with E-state index < -0.39 is 0 Å². The molecule has 3 N–H and O–H groups in total. The zero-order chi connectivity index (χ0) is 10.6. The van der Waals surface area contributed by atoms with Crippen molar-refractivity contribution in [2.75, 3.05) is 31.8 Å². The molecule has 1 aromatic heterocycles. The normalized spacial score (nSPS) is 9.36. The van der Waals surface area contributed by atoms with E-state index in [0.29, 0.717) is 11.6 Å². The molecule has 1 rings (SSSR count). The van der Waals surface area contributed by atoms with Gasteiger partial charge in [-0.2, -0.15) is 0 Å². The van der Waals surface area contributed by atoms with Crippen LogP contribution in [-0.2, 0) is 0 Å². The fourth-order valence-corrected chi connectivity index (χ4v) is 0.968. The highest BCUT2D eigenvalue weighted by atomic mass is 16.1. The van der Waals surface area contributed by atoms with Gasteiger partial charge in [-0.3, -0.25) is 4.79 Å². The van der Waals surface area contributed by atoms with E-state index in [4.69, 9.17) is 0 Å². The Labute approximate surface area is 82.1 Å². The number of nitrogens with one attached hydrogen (secondary N) is 3. The summed E-state index contributed by atoms with van der Waals surface area (Å²) < 4.78 is 0. The van der Waals surface area contributed by atoms with E-state index in [0.717, 1.165) is 0 Å². The van der Waals surface area contributed by atoms with Crippen molar-refractivity contribution in [2.24, 2.45) is 0 Å². The molecule has 0 atom stereocenters. The van der Waals surface area contributed by atoms with Gasteiger partial charge >= 0.3 is 0 Å². The van der Waals surface area contributed by atoms with Crippen LogP contribution in [0.4, 0.5) is 11.6 Å². The smallest absolute Gasteiger partial charge is 0.273 e. The van der Waals surface area contributed by atoms with Crippen LogP contribution in [-0.4, -0.2) is 37.0 Å². The Morgan fingerprint density at radius 3 is 2.50 bits per heavy atom. The molecule has 0 bridgehead atoms. The Hall–Kier alpha value is -1.85. The van der Waals surface area contributed by atoms with Crippen LogP contribution in [0.25, 0.3) is 0 Å². The van der Waals surface area contributed by atoms with Gasteiger partial charge in [-0.1, -0.05) is 0 Å². The molecule has 0 unspecified atom stereocenters. The summed E-state index contributed by atoms with van der Waals surface area (Å²) in [6.07, 6.45) is 1.51. The average molecular weight is 195 g/mol. The number of aromatic nitrogens is 2. The molecule has 0 aromatic carbocycles. The van der Waals surface area contributed by atoms with Gasteiger partial charge in [0.2, 0.25) is 0 Å². The van der Waals surface area contributed by atoms with Gasteiger partial charge < -0.3 is 16.0 Å². The first-order valence-corrected chi connectivity index (χ1v) is 4.17. The maximum atomic E-state index is 11.3. The number of rotatable bonds is 3. The summed E-state index contributed by atoms with van der Waals surface area (Å²) in [5, 5.41) is 8.14. The van der Waals surface area contributed by atoms with Gasteiger partial charge in [0.15, 0.2) is 11.5 Å². The highest BCUT2D eigenvalue weighted by Crippen LogP contribution is 2.11. The fraction of sp³-hybridized carbons (Fsp3) is 0.375. The second kappa shape index (κ2) is 4.40. The molecule has 0 spiro atoms. The first kappa shape index (κ1) is 10.2. The molecule has 0 aliphatic rings. The van der Waals surface area contributed by atoms with E-state index in [9.17, 15) is 4.79 Å². The Balaban J connectivity index is 3.11. The van der Waals surface area contributed by atoms with E-state index in [1.165, 1.54) is 6.20 Å². The third-order valence-electron chi connectivity index (χ3n) is 1.71. The number of carbonyl (C=O) groups excluding carboxylic acids is 1. The molecular formula is C8H13N5O. The number of amides is 1. The van der Waals surface area contributed by atoms with E-state index >= 15 is 0 Å². The summed E-state index contributed by atoms with van der Waals surface area (Å²) in [7, 11) is 4.98. The highest BCUT2D eigenvalue weighted by molar-refractivity contribution is 5.96. The highest BCUT2D eigenvalue weighted by Gasteiger charge is 2.12. The quantitative estimate of drug-likeness (QED) is 0.628. The maximum Gasteiger partial charge on any atom is 0.273 e. The van der Waals surface area contributed by atoms with Crippen molar-refractivity contribution < 1.29 is 4.79 Å². The number of hydrogen-bond acceptors (Lipinski definition) is 5. The molecule has 0 radical (unpaired) electrons. The number of anilines is 2. The molecule has 0 aliphatic carbocycles. The molecule has 0 aliphatic heterocycles. The SMILES string of the molecule is CNC(=O)c1ncc(NC)nc1NC. The molecule has 0 saturated carbocycles. The topological polar surface area (TPSA) is 78.9 Å². The van der Waals surface area contributed by atoms with Crippen LogP contribution in [0.15, 0.2) is 6.20 Å². The van der Waals surface area contributed by atoms with Gasteiger partial charge in [-0.25, -0.2) is 9.97 Å². The number of hydrogen-bond donors (Lipinski definition) is 3. The summed E-state index contributed by atoms with van der Waals surface area (Å²) in [4.78, 5) is 19.4. The third kappa shape index (κ3) is 1.90. The van der Waals surface area contributed by atoms with Crippen molar-refractivity contribution in [1.29, 1.82) is 0 Å². The van der Waals surface area contributed by atoms with Crippen LogP contribution in [0.3, 0.4) is 0 Å². The molecule has 6 nitrogen and oxygen atoms in total. The van der Waals surface area contributed by atoms with Gasteiger partial charge in [0, 0.05) is 21.1 Å². The van der Waals surface area contributed by atoms with Crippen LogP contribution in [0.1, 0.15) is 10.5 Å². The zero-order valence-corrected chi connectivity index (χ0v) is 8.38. The van der Waals surface area contributed by atoms with Crippen molar-refractivity contribution >= 4 is 17.5 Å². The lowest BCUT2D eigenvalue weighted by atomic mass is 10.3. The predicted molar refractivity (Wildman–Crippen MR) is 54.5 cm³/mol. The lowest BCUT2D eigenvalue weighted by Crippen LogP contribution is -2.21. The van der Waals surface area contributed by atoms with Crippen molar-refractivity contribution in [2.45, 2.75) is 0 Å². The standard InChI is InChI=1S/C8H13N5O/c1-9-5-4-12-6(8(14)11-3)7(10-2)13-5/h4H,1-3H3,(H,11,14)(H2,9,10,13). The minimum absolute atomic E-state index is 0.260. The van der Waals surface area contributed by atoms with Gasteiger partial charge in [-0.15, -0.1) is 0 Å². The number of nitrogens with zero attached hydrogens (tertiary/aromatic N) is 2. The van der Waals surface area contributed by atoms with Crippen LogP contribution in [0.2, 0.25) is 0 Å². The summed E-state index contributed by atoms with van der Waals surface area (Å²) >= 11 is 0. The van der Waals surface area contributed by atoms with Gasteiger partial charge in [-0.05, 0) is 0 Å². The molecular weight excluding hydrogens is 182 g/mol. The molecule has 1 heterocycles. The minimum Gasteiger partial charge on any atom is -0.372 e. The molecule has 1 amide bonds. The predicted octanol–water partition coefficient (Wildman–Crippen LogP) is -0.0804. The van der Waals surface area contributed by atoms with Crippen molar-refractivity contribution in [1.82, 2.24) is 15.3 Å². The lowest BCUT2D eigenvalue weighted by molar-refractivity contribution is 0.0959. The number of carbonyl (C=O) groups is 1. The first-order chi connectivity index (χ1) is 6.72. The zero-order valence-electron chi connectivity index (χ0n) is 8.38. The second-order valence-corrected chi connectivity index (χ2v) is 2.53. The Kier molecular flexibility index (Phi) is 3.22. The summed E-state index contributed by atoms with van der Waals surface area (Å²) in [5.41, 5.74) is 0.286. The van der Waals surface area contributed by atoms with Crippen LogP contribution in [0, 0.1) is 0 Å². The second-order valence-electron chi connectivity index (χ2n) is 2.53. The van der Waals surface area contributed by atoms with E-state index in [1.807, 2.05) is 0 Å². The average Bonchev–Trinajstić information content (AvgIpc) is 2.27. The molecule has 76 valence electrons. The summed E-state index contributed by atoms with van der Waals surface area (Å²) in [5.74, 6) is 0.808. The van der Waals surface area contributed by atoms with Crippen molar-refractivity contribution in [3.05, 3.63) is 11.9 Å². The van der Waals surface area contributed by atoms with Gasteiger partial charge in [0.1, 0.15) is 5.82 Å². The maximum absolute atomic E-state index is 11.3. The van der Waals surface area contributed by atoms with E-state index in [1.54, 1.807) is 21.1 Å². The minimum atomic E-state index is -0.260. The summed E-state index contributed by atoms with van der Waals surface area (Å²) in [6.45, 7) is 0. The lowest BCUT2D eigenvalue weighted by Gasteiger charge is -2.07. The van der Waals surface area contributed by atoms with Crippen molar-refractivity contribution in [3.8, 4) is 0 Å². The molecule has 14 heavy (non-hydrogen) atoms. The largest absolute Gasteiger partial charge is 0.372 e. The third-order valence-corrected chi connectivity index (χ3v) is 1.71. The van der Waals surface area contributed by atoms with Crippen LogP contribution < -0.4 is 16.0 Å². The van der Waals surface area contributed by atoms with E-state index in [-0.39, 0.29) is 11.6 Å².